The summed E-state index contributed by atoms with van der Waals surface area (Å²) in [6, 6.07) is 19.8. The molecule has 31 heavy (non-hydrogen) atoms. The third-order valence-corrected chi connectivity index (χ3v) is 5.57. The first-order valence-electron chi connectivity index (χ1n) is 10.5. The Balaban J connectivity index is 1.33. The summed E-state index contributed by atoms with van der Waals surface area (Å²) in [6.07, 6.45) is 1.75. The molecule has 0 unspecified atom stereocenters. The first-order chi connectivity index (χ1) is 15.2. The molecule has 1 saturated heterocycles. The Kier molecular flexibility index (Phi) is 6.70. The van der Waals surface area contributed by atoms with Gasteiger partial charge in [-0.25, -0.2) is 0 Å². The molecule has 0 radical (unpaired) electrons. The molecular formula is C25H28N2O4. The third-order valence-electron chi connectivity index (χ3n) is 5.57. The Morgan fingerprint density at radius 3 is 2.48 bits per heavy atom. The molecular weight excluding hydrogens is 392 g/mol. The number of aromatic nitrogens is 1. The molecule has 0 spiro atoms. The van der Waals surface area contributed by atoms with Crippen molar-refractivity contribution in [2.45, 2.75) is 25.2 Å². The second kappa shape index (κ2) is 9.81. The van der Waals surface area contributed by atoms with Gasteiger partial charge in [0.1, 0.15) is 18.0 Å². The number of benzene rings is 2. The van der Waals surface area contributed by atoms with Gasteiger partial charge in [0.2, 0.25) is 0 Å². The highest BCUT2D eigenvalue weighted by Crippen LogP contribution is 2.32. The molecule has 0 aliphatic carbocycles. The molecule has 6 heteroatoms. The highest BCUT2D eigenvalue weighted by Gasteiger charge is 2.29. The second-order valence-electron chi connectivity index (χ2n) is 7.68. The zero-order chi connectivity index (χ0) is 21.6. The number of β-amino-alcohol motifs (C(OH)–C–C–N with tert-alkyl or cyclic N) is 1. The van der Waals surface area contributed by atoms with Gasteiger partial charge >= 0.3 is 0 Å². The van der Waals surface area contributed by atoms with Gasteiger partial charge in [-0.15, -0.1) is 0 Å². The maximum atomic E-state index is 10.7. The Morgan fingerprint density at radius 2 is 1.81 bits per heavy atom. The molecule has 0 amide bonds. The first-order valence-corrected chi connectivity index (χ1v) is 10.5. The lowest BCUT2D eigenvalue weighted by Gasteiger charge is -2.36. The number of ether oxygens (including phenoxy) is 3. The number of aliphatic hydroxyl groups excluding tert-OH is 1. The summed E-state index contributed by atoms with van der Waals surface area (Å²) in [4.78, 5) is 6.65. The summed E-state index contributed by atoms with van der Waals surface area (Å²) < 4.78 is 16.7. The van der Waals surface area contributed by atoms with Crippen molar-refractivity contribution in [2.24, 2.45) is 0 Å². The lowest BCUT2D eigenvalue weighted by atomic mass is 10.0. The van der Waals surface area contributed by atoms with Crippen LogP contribution in [0.2, 0.25) is 0 Å². The van der Waals surface area contributed by atoms with Crippen molar-refractivity contribution in [1.29, 1.82) is 0 Å². The van der Waals surface area contributed by atoms with Crippen LogP contribution in [0.4, 0.5) is 0 Å². The molecule has 162 valence electrons. The summed E-state index contributed by atoms with van der Waals surface area (Å²) in [5, 5.41) is 10.7. The Morgan fingerprint density at radius 1 is 1.00 bits per heavy atom. The van der Waals surface area contributed by atoms with Gasteiger partial charge in [0, 0.05) is 37.5 Å². The largest absolute Gasteiger partial charge is 0.493 e. The van der Waals surface area contributed by atoms with Crippen molar-refractivity contribution in [1.82, 2.24) is 9.88 Å². The molecule has 3 aromatic rings. The smallest absolute Gasteiger partial charge is 0.164 e. The maximum absolute atomic E-state index is 10.7. The number of nitrogens with zero attached hydrogens (tertiary/aromatic N) is 2. The first kappa shape index (κ1) is 21.2. The molecule has 0 bridgehead atoms. The molecule has 2 heterocycles. The Hall–Kier alpha value is -3.09. The number of piperidine rings is 1. The fraction of sp³-hybridized carbons (Fsp3) is 0.320. The quantitative estimate of drug-likeness (QED) is 0.628. The minimum absolute atomic E-state index is 0.249. The fourth-order valence-corrected chi connectivity index (χ4v) is 3.89. The molecule has 2 aromatic carbocycles. The number of aliphatic hydroxyl groups is 1. The van der Waals surface area contributed by atoms with Gasteiger partial charge in [0.25, 0.3) is 0 Å². The zero-order valence-electron chi connectivity index (χ0n) is 17.9. The second-order valence-corrected chi connectivity index (χ2v) is 7.68. The van der Waals surface area contributed by atoms with E-state index in [0.29, 0.717) is 23.8 Å². The average Bonchev–Trinajstić information content (AvgIpc) is 2.82. The van der Waals surface area contributed by atoms with E-state index >= 15 is 0 Å². The monoisotopic (exact) mass is 420 g/mol. The van der Waals surface area contributed by atoms with Crippen molar-refractivity contribution < 1.29 is 19.3 Å². The predicted octanol–water partition coefficient (Wildman–Crippen LogP) is 3.78. The number of pyridine rings is 1. The van der Waals surface area contributed by atoms with E-state index in [1.54, 1.807) is 26.5 Å². The summed E-state index contributed by atoms with van der Waals surface area (Å²) in [7, 11) is 3.20. The van der Waals surface area contributed by atoms with E-state index in [-0.39, 0.29) is 6.10 Å². The van der Waals surface area contributed by atoms with E-state index in [1.807, 2.05) is 30.3 Å². The van der Waals surface area contributed by atoms with Crippen molar-refractivity contribution >= 4 is 0 Å². The predicted molar refractivity (Wildman–Crippen MR) is 120 cm³/mol. The molecule has 1 aliphatic rings. The summed E-state index contributed by atoms with van der Waals surface area (Å²) >= 11 is 0. The van der Waals surface area contributed by atoms with Gasteiger partial charge in [0.05, 0.1) is 19.9 Å². The van der Waals surface area contributed by atoms with Gasteiger partial charge in [0.15, 0.2) is 11.5 Å². The summed E-state index contributed by atoms with van der Waals surface area (Å²) in [6.45, 7) is 2.22. The Bertz CT molecular complexity index is 979. The minimum Gasteiger partial charge on any atom is -0.493 e. The van der Waals surface area contributed by atoms with Crippen LogP contribution >= 0.6 is 0 Å². The van der Waals surface area contributed by atoms with Crippen molar-refractivity contribution in [3.63, 3.8) is 0 Å². The number of hydrogen-bond acceptors (Lipinski definition) is 6. The van der Waals surface area contributed by atoms with Crippen LogP contribution in [-0.2, 0) is 6.54 Å². The lowest BCUT2D eigenvalue weighted by molar-refractivity contribution is -0.0275. The van der Waals surface area contributed by atoms with Crippen LogP contribution in [0.15, 0.2) is 66.9 Å². The van der Waals surface area contributed by atoms with Crippen molar-refractivity contribution in [2.75, 3.05) is 27.3 Å². The lowest BCUT2D eigenvalue weighted by Crippen LogP contribution is -2.48. The van der Waals surface area contributed by atoms with E-state index in [9.17, 15) is 5.11 Å². The molecule has 1 N–H and O–H groups in total. The highest BCUT2D eigenvalue weighted by atomic mass is 16.5. The molecule has 6 nitrogen and oxygen atoms in total. The van der Waals surface area contributed by atoms with Gasteiger partial charge in [-0.3, -0.25) is 9.88 Å². The van der Waals surface area contributed by atoms with E-state index in [1.165, 1.54) is 5.56 Å². The van der Waals surface area contributed by atoms with Crippen LogP contribution in [-0.4, -0.2) is 54.5 Å². The Labute approximate surface area is 183 Å². The van der Waals surface area contributed by atoms with Crippen LogP contribution in [0, 0.1) is 0 Å². The van der Waals surface area contributed by atoms with Gasteiger partial charge < -0.3 is 19.3 Å². The van der Waals surface area contributed by atoms with Crippen LogP contribution in [0.1, 0.15) is 12.0 Å². The topological polar surface area (TPSA) is 64.1 Å². The molecule has 2 atom stereocenters. The third kappa shape index (κ3) is 5.16. The number of likely N-dealkylation sites (tertiary alicyclic amines) is 1. The van der Waals surface area contributed by atoms with E-state index in [2.05, 4.69) is 34.1 Å². The van der Waals surface area contributed by atoms with E-state index in [4.69, 9.17) is 14.2 Å². The zero-order valence-corrected chi connectivity index (χ0v) is 17.9. The molecule has 1 fully saturated rings. The normalized spacial score (nSPS) is 19.1. The number of hydrogen-bond donors (Lipinski definition) is 1. The van der Waals surface area contributed by atoms with Gasteiger partial charge in [-0.05, 0) is 36.2 Å². The highest BCUT2D eigenvalue weighted by molar-refractivity contribution is 5.59. The fourth-order valence-electron chi connectivity index (χ4n) is 3.89. The standard InChI is InChI=1S/C25H28N2O4/c1-29-24-11-10-20(15-25(24)30-2)31-23-12-14-27(17-22(23)28)16-18-6-8-19(9-7-18)21-5-3-4-13-26-21/h3-11,13,15,22-23,28H,12,14,16-17H2,1-2H3/t22-,23-/m1/s1. The van der Waals surface area contributed by atoms with Crippen molar-refractivity contribution in [3.8, 4) is 28.5 Å². The van der Waals surface area contributed by atoms with Gasteiger partial charge in [-0.1, -0.05) is 30.3 Å². The number of rotatable bonds is 7. The van der Waals surface area contributed by atoms with Crippen LogP contribution < -0.4 is 14.2 Å². The minimum atomic E-state index is -0.561. The van der Waals surface area contributed by atoms with Gasteiger partial charge in [-0.2, -0.15) is 0 Å². The summed E-state index contributed by atoms with van der Waals surface area (Å²) in [5.74, 6) is 1.93. The molecule has 4 rings (SSSR count). The van der Waals surface area contributed by atoms with Crippen molar-refractivity contribution in [3.05, 3.63) is 72.4 Å². The van der Waals surface area contributed by atoms with E-state index < -0.39 is 6.10 Å². The molecule has 0 saturated carbocycles. The summed E-state index contributed by atoms with van der Waals surface area (Å²) in [5.41, 5.74) is 3.29. The van der Waals surface area contributed by atoms with Crippen LogP contribution in [0.5, 0.6) is 17.2 Å². The van der Waals surface area contributed by atoms with Crippen LogP contribution in [0.3, 0.4) is 0 Å². The SMILES string of the molecule is COc1ccc(O[C@@H]2CCN(Cc3ccc(-c4ccccn4)cc3)C[C@H]2O)cc1OC. The number of methoxy groups -OCH3 is 2. The average molecular weight is 421 g/mol. The maximum Gasteiger partial charge on any atom is 0.164 e. The van der Waals surface area contributed by atoms with E-state index in [0.717, 1.165) is 30.8 Å². The molecule has 1 aromatic heterocycles. The molecule has 1 aliphatic heterocycles. The van der Waals surface area contributed by atoms with Crippen LogP contribution in [0.25, 0.3) is 11.3 Å².